The van der Waals surface area contributed by atoms with E-state index in [9.17, 15) is 18.7 Å². The van der Waals surface area contributed by atoms with Gasteiger partial charge in [-0.25, -0.2) is 8.78 Å². The molecule has 100 valence electrons. The summed E-state index contributed by atoms with van der Waals surface area (Å²) in [5, 5.41) is 19.4. The smallest absolute Gasteiger partial charge is 0.309 e. The summed E-state index contributed by atoms with van der Waals surface area (Å²) in [5.41, 5.74) is -1.88. The predicted octanol–water partition coefficient (Wildman–Crippen LogP) is 2.67. The van der Waals surface area contributed by atoms with Gasteiger partial charge in [-0.3, -0.25) is 4.79 Å². The fourth-order valence-electron chi connectivity index (χ4n) is 1.98. The van der Waals surface area contributed by atoms with Gasteiger partial charge in [-0.05, 0) is 31.0 Å². The van der Waals surface area contributed by atoms with E-state index >= 15 is 0 Å². The Labute approximate surface area is 104 Å². The first-order valence-electron chi connectivity index (χ1n) is 5.70. The van der Waals surface area contributed by atoms with Crippen molar-refractivity contribution in [1.82, 2.24) is 0 Å². The van der Waals surface area contributed by atoms with E-state index in [0.29, 0.717) is 12.5 Å². The summed E-state index contributed by atoms with van der Waals surface area (Å²) in [6, 6.07) is 2.58. The number of hydrogen-bond acceptors (Lipinski definition) is 2. The normalized spacial score (nSPS) is 16.1. The van der Waals surface area contributed by atoms with E-state index in [1.165, 1.54) is 6.92 Å². The molecule has 0 spiro atoms. The molecule has 0 aromatic heterocycles. The van der Waals surface area contributed by atoms with Crippen LogP contribution in [-0.4, -0.2) is 16.2 Å². The molecule has 0 bridgehead atoms. The monoisotopic (exact) mass is 258 g/mol. The van der Waals surface area contributed by atoms with Gasteiger partial charge in [-0.1, -0.05) is 13.3 Å². The molecule has 0 aliphatic rings. The van der Waals surface area contributed by atoms with Crippen LogP contribution >= 0.6 is 0 Å². The second kappa shape index (κ2) is 5.44. The molecule has 0 aliphatic carbocycles. The standard InChI is InChI=1S/C13H16F2O3/c1-3-4-11(12(16)17)13(2,18)8-5-9(14)7-10(15)6-8/h5-7,11,18H,3-4H2,1-2H3,(H,16,17). The third-order valence-electron chi connectivity index (χ3n) is 3.00. The Morgan fingerprint density at radius 2 is 1.83 bits per heavy atom. The fraction of sp³-hybridized carbons (Fsp3) is 0.462. The number of halogens is 2. The SMILES string of the molecule is CCCC(C(=O)O)C(C)(O)c1cc(F)cc(F)c1. The van der Waals surface area contributed by atoms with Crippen molar-refractivity contribution in [2.45, 2.75) is 32.3 Å². The number of hydrogen-bond donors (Lipinski definition) is 2. The van der Waals surface area contributed by atoms with E-state index in [1.807, 2.05) is 0 Å². The van der Waals surface area contributed by atoms with E-state index < -0.39 is 29.1 Å². The van der Waals surface area contributed by atoms with Gasteiger partial charge in [-0.15, -0.1) is 0 Å². The van der Waals surface area contributed by atoms with Crippen LogP contribution in [0.15, 0.2) is 18.2 Å². The van der Waals surface area contributed by atoms with Crippen molar-refractivity contribution in [3.8, 4) is 0 Å². The molecule has 3 nitrogen and oxygen atoms in total. The van der Waals surface area contributed by atoms with E-state index in [4.69, 9.17) is 5.11 Å². The van der Waals surface area contributed by atoms with Crippen molar-refractivity contribution >= 4 is 5.97 Å². The second-order valence-corrected chi connectivity index (χ2v) is 4.49. The van der Waals surface area contributed by atoms with Crippen LogP contribution in [0.1, 0.15) is 32.3 Å². The molecule has 0 saturated heterocycles. The summed E-state index contributed by atoms with van der Waals surface area (Å²) in [4.78, 5) is 11.1. The lowest BCUT2D eigenvalue weighted by Crippen LogP contribution is -2.37. The zero-order valence-corrected chi connectivity index (χ0v) is 10.3. The Morgan fingerprint density at radius 3 is 2.22 bits per heavy atom. The molecule has 0 saturated carbocycles. The Kier molecular flexibility index (Phi) is 4.40. The van der Waals surface area contributed by atoms with Crippen LogP contribution in [0.4, 0.5) is 8.78 Å². The number of benzene rings is 1. The molecule has 1 rings (SSSR count). The summed E-state index contributed by atoms with van der Waals surface area (Å²) in [6.07, 6.45) is 0.769. The number of rotatable bonds is 5. The topological polar surface area (TPSA) is 57.5 Å². The number of aliphatic hydroxyl groups is 1. The lowest BCUT2D eigenvalue weighted by molar-refractivity contribution is -0.152. The fourth-order valence-corrected chi connectivity index (χ4v) is 1.98. The molecule has 0 radical (unpaired) electrons. The molecule has 5 heteroatoms. The molecule has 1 aromatic carbocycles. The van der Waals surface area contributed by atoms with E-state index in [1.54, 1.807) is 6.92 Å². The molecule has 0 amide bonds. The molecule has 0 aliphatic heterocycles. The quantitative estimate of drug-likeness (QED) is 0.853. The van der Waals surface area contributed by atoms with Gasteiger partial charge in [0.05, 0.1) is 5.92 Å². The van der Waals surface area contributed by atoms with Crippen molar-refractivity contribution in [2.24, 2.45) is 5.92 Å². The van der Waals surface area contributed by atoms with Crippen LogP contribution in [0.5, 0.6) is 0 Å². The predicted molar refractivity (Wildman–Crippen MR) is 62.0 cm³/mol. The van der Waals surface area contributed by atoms with E-state index in [-0.39, 0.29) is 12.0 Å². The molecular formula is C13H16F2O3. The molecule has 0 fully saturated rings. The van der Waals surface area contributed by atoms with Crippen molar-refractivity contribution in [2.75, 3.05) is 0 Å². The van der Waals surface area contributed by atoms with Crippen LogP contribution in [0.25, 0.3) is 0 Å². The van der Waals surface area contributed by atoms with Gasteiger partial charge in [0.15, 0.2) is 0 Å². The number of carboxylic acids is 1. The number of aliphatic carboxylic acids is 1. The number of carboxylic acid groups (broad SMARTS) is 1. The van der Waals surface area contributed by atoms with Gasteiger partial charge >= 0.3 is 5.97 Å². The van der Waals surface area contributed by atoms with Crippen molar-refractivity contribution in [1.29, 1.82) is 0 Å². The van der Waals surface area contributed by atoms with Gasteiger partial charge in [0.1, 0.15) is 17.2 Å². The molecule has 18 heavy (non-hydrogen) atoms. The zero-order chi connectivity index (χ0) is 13.9. The minimum Gasteiger partial charge on any atom is -0.481 e. The second-order valence-electron chi connectivity index (χ2n) is 4.49. The Morgan fingerprint density at radius 1 is 1.33 bits per heavy atom. The first-order valence-corrected chi connectivity index (χ1v) is 5.70. The van der Waals surface area contributed by atoms with E-state index in [0.717, 1.165) is 12.1 Å². The van der Waals surface area contributed by atoms with Crippen LogP contribution in [0, 0.1) is 17.6 Å². The van der Waals surface area contributed by atoms with Crippen LogP contribution in [0.3, 0.4) is 0 Å². The summed E-state index contributed by atoms with van der Waals surface area (Å²) >= 11 is 0. The number of carbonyl (C=O) groups is 1. The zero-order valence-electron chi connectivity index (χ0n) is 10.3. The summed E-state index contributed by atoms with van der Waals surface area (Å²) in [6.45, 7) is 3.04. The molecule has 2 unspecified atom stereocenters. The first kappa shape index (κ1) is 14.6. The van der Waals surface area contributed by atoms with E-state index in [2.05, 4.69) is 0 Å². The molecule has 0 heterocycles. The highest BCUT2D eigenvalue weighted by molar-refractivity contribution is 5.71. The maximum absolute atomic E-state index is 13.1. The van der Waals surface area contributed by atoms with Gasteiger partial charge in [0.2, 0.25) is 0 Å². The van der Waals surface area contributed by atoms with Crippen molar-refractivity contribution in [3.63, 3.8) is 0 Å². The summed E-state index contributed by atoms with van der Waals surface area (Å²) in [5.74, 6) is -3.98. The molecule has 2 N–H and O–H groups in total. The minimum absolute atomic E-state index is 0.0687. The average molecular weight is 258 g/mol. The lowest BCUT2D eigenvalue weighted by atomic mass is 9.80. The highest BCUT2D eigenvalue weighted by atomic mass is 19.1. The van der Waals surface area contributed by atoms with Crippen LogP contribution < -0.4 is 0 Å². The average Bonchev–Trinajstić information content (AvgIpc) is 2.23. The largest absolute Gasteiger partial charge is 0.481 e. The third-order valence-corrected chi connectivity index (χ3v) is 3.00. The van der Waals surface area contributed by atoms with Crippen molar-refractivity contribution in [3.05, 3.63) is 35.4 Å². The Bertz CT molecular complexity index is 424. The highest BCUT2D eigenvalue weighted by Crippen LogP contribution is 2.33. The van der Waals surface area contributed by atoms with Gasteiger partial charge in [0.25, 0.3) is 0 Å². The third kappa shape index (κ3) is 3.04. The molecule has 2 atom stereocenters. The van der Waals surface area contributed by atoms with Crippen LogP contribution in [0.2, 0.25) is 0 Å². The van der Waals surface area contributed by atoms with Gasteiger partial charge < -0.3 is 10.2 Å². The van der Waals surface area contributed by atoms with Gasteiger partial charge in [-0.2, -0.15) is 0 Å². The maximum atomic E-state index is 13.1. The molecular weight excluding hydrogens is 242 g/mol. The lowest BCUT2D eigenvalue weighted by Gasteiger charge is -2.30. The minimum atomic E-state index is -1.81. The summed E-state index contributed by atoms with van der Waals surface area (Å²) < 4.78 is 26.2. The summed E-state index contributed by atoms with van der Waals surface area (Å²) in [7, 11) is 0. The highest BCUT2D eigenvalue weighted by Gasteiger charge is 2.38. The first-order chi connectivity index (χ1) is 8.28. The maximum Gasteiger partial charge on any atom is 0.309 e. The van der Waals surface area contributed by atoms with Crippen molar-refractivity contribution < 1.29 is 23.8 Å². The molecule has 1 aromatic rings. The Hall–Kier alpha value is -1.49. The van der Waals surface area contributed by atoms with Gasteiger partial charge in [0, 0.05) is 6.07 Å². The Balaban J connectivity index is 3.20. The van der Waals surface area contributed by atoms with Crippen LogP contribution in [-0.2, 0) is 10.4 Å².